The molecule has 0 aliphatic rings. The normalized spacial score (nSPS) is 10.0. The van der Waals surface area contributed by atoms with E-state index in [2.05, 4.69) is 9.97 Å². The molecule has 0 radical (unpaired) electrons. The molecular formula is C9H6N2O3. The fraction of sp³-hybridized carbons (Fsp3) is 0. The molecule has 0 aliphatic heterocycles. The first-order valence-corrected chi connectivity index (χ1v) is 3.87. The zero-order chi connectivity index (χ0) is 9.97. The number of oxazole rings is 1. The highest BCUT2D eigenvalue weighted by Gasteiger charge is 2.12. The molecule has 0 aromatic carbocycles. The first-order valence-electron chi connectivity index (χ1n) is 3.87. The Labute approximate surface area is 79.0 Å². The maximum atomic E-state index is 10.5. The van der Waals surface area contributed by atoms with Crippen molar-refractivity contribution in [3.8, 4) is 11.4 Å². The summed E-state index contributed by atoms with van der Waals surface area (Å²) >= 11 is 0. The highest BCUT2D eigenvalue weighted by atomic mass is 16.4. The molecule has 2 aromatic heterocycles. The van der Waals surface area contributed by atoms with Crippen LogP contribution in [0.5, 0.6) is 0 Å². The van der Waals surface area contributed by atoms with Crippen molar-refractivity contribution in [1.29, 1.82) is 0 Å². The molecule has 0 spiro atoms. The van der Waals surface area contributed by atoms with Crippen molar-refractivity contribution in [3.05, 3.63) is 36.5 Å². The van der Waals surface area contributed by atoms with Gasteiger partial charge in [-0.1, -0.05) is 6.07 Å². The predicted octanol–water partition coefficient (Wildman–Crippen LogP) is 1.43. The fourth-order valence-electron chi connectivity index (χ4n) is 1.00. The van der Waals surface area contributed by atoms with Crippen LogP contribution in [0.2, 0.25) is 0 Å². The van der Waals surface area contributed by atoms with Crippen molar-refractivity contribution >= 4 is 5.97 Å². The van der Waals surface area contributed by atoms with Crippen LogP contribution in [0.15, 0.2) is 35.1 Å². The zero-order valence-corrected chi connectivity index (χ0v) is 7.04. The molecule has 2 aromatic rings. The second kappa shape index (κ2) is 3.29. The lowest BCUT2D eigenvalue weighted by Gasteiger charge is -1.90. The van der Waals surface area contributed by atoms with E-state index in [-0.39, 0.29) is 5.89 Å². The molecule has 1 N–H and O–H groups in total. The number of hydrogen-bond donors (Lipinski definition) is 1. The van der Waals surface area contributed by atoms with Gasteiger partial charge in [0.1, 0.15) is 12.0 Å². The summed E-state index contributed by atoms with van der Waals surface area (Å²) in [4.78, 5) is 18.2. The number of nitrogens with zero attached hydrogens (tertiary/aromatic N) is 2. The monoisotopic (exact) mass is 190 g/mol. The minimum atomic E-state index is -1.19. The molecule has 0 saturated heterocycles. The van der Waals surface area contributed by atoms with Crippen LogP contribution in [-0.4, -0.2) is 21.0 Å². The molecule has 0 aliphatic carbocycles. The van der Waals surface area contributed by atoms with E-state index in [0.29, 0.717) is 11.4 Å². The van der Waals surface area contributed by atoms with Gasteiger partial charge < -0.3 is 9.52 Å². The SMILES string of the molecule is O=C(O)c1nc(-c2ccccn2)co1. The Hall–Kier alpha value is -2.17. The Morgan fingerprint density at radius 2 is 2.21 bits per heavy atom. The molecule has 0 unspecified atom stereocenters. The molecule has 2 heterocycles. The predicted molar refractivity (Wildman–Crippen MR) is 46.7 cm³/mol. The number of aromatic nitrogens is 2. The van der Waals surface area contributed by atoms with Gasteiger partial charge in [0.15, 0.2) is 0 Å². The zero-order valence-electron chi connectivity index (χ0n) is 7.04. The quantitative estimate of drug-likeness (QED) is 0.775. The molecule has 70 valence electrons. The molecule has 0 amide bonds. The highest BCUT2D eigenvalue weighted by molar-refractivity contribution is 5.82. The first kappa shape index (κ1) is 8.43. The van der Waals surface area contributed by atoms with Gasteiger partial charge in [-0.2, -0.15) is 0 Å². The number of aromatic carboxylic acids is 1. The van der Waals surface area contributed by atoms with Gasteiger partial charge in [-0.05, 0) is 12.1 Å². The van der Waals surface area contributed by atoms with Crippen LogP contribution in [-0.2, 0) is 0 Å². The lowest BCUT2D eigenvalue weighted by molar-refractivity contribution is 0.0653. The Bertz CT molecular complexity index is 450. The highest BCUT2D eigenvalue weighted by Crippen LogP contribution is 2.14. The summed E-state index contributed by atoms with van der Waals surface area (Å²) in [6.45, 7) is 0. The molecule has 0 bridgehead atoms. The Morgan fingerprint density at radius 3 is 2.79 bits per heavy atom. The van der Waals surface area contributed by atoms with E-state index < -0.39 is 5.97 Å². The van der Waals surface area contributed by atoms with Gasteiger partial charge in [0, 0.05) is 6.20 Å². The summed E-state index contributed by atoms with van der Waals surface area (Å²) < 4.78 is 4.73. The first-order chi connectivity index (χ1) is 6.77. The number of pyridine rings is 1. The summed E-state index contributed by atoms with van der Waals surface area (Å²) in [6.07, 6.45) is 2.87. The average molecular weight is 190 g/mol. The van der Waals surface area contributed by atoms with Crippen LogP contribution >= 0.6 is 0 Å². The largest absolute Gasteiger partial charge is 0.474 e. The van der Waals surface area contributed by atoms with Crippen LogP contribution in [0, 0.1) is 0 Å². The molecule has 0 saturated carbocycles. The van der Waals surface area contributed by atoms with E-state index >= 15 is 0 Å². The minimum Gasteiger partial charge on any atom is -0.474 e. The number of carbonyl (C=O) groups is 1. The summed E-state index contributed by atoms with van der Waals surface area (Å²) in [7, 11) is 0. The van der Waals surface area contributed by atoms with E-state index in [4.69, 9.17) is 9.52 Å². The van der Waals surface area contributed by atoms with Gasteiger partial charge in [-0.25, -0.2) is 9.78 Å². The van der Waals surface area contributed by atoms with Crippen molar-refractivity contribution in [2.45, 2.75) is 0 Å². The van der Waals surface area contributed by atoms with Gasteiger partial charge in [0.2, 0.25) is 0 Å². The smallest absolute Gasteiger partial charge is 0.392 e. The van der Waals surface area contributed by atoms with E-state index in [9.17, 15) is 4.79 Å². The lowest BCUT2D eigenvalue weighted by atomic mass is 10.3. The van der Waals surface area contributed by atoms with Gasteiger partial charge in [-0.3, -0.25) is 4.98 Å². The number of hydrogen-bond acceptors (Lipinski definition) is 4. The molecule has 14 heavy (non-hydrogen) atoms. The second-order valence-electron chi connectivity index (χ2n) is 2.56. The average Bonchev–Trinajstić information content (AvgIpc) is 2.68. The Balaban J connectivity index is 2.39. The molecule has 0 fully saturated rings. The topological polar surface area (TPSA) is 76.2 Å². The maximum Gasteiger partial charge on any atom is 0.392 e. The summed E-state index contributed by atoms with van der Waals surface area (Å²) in [5.74, 6) is -1.52. The van der Waals surface area contributed by atoms with Gasteiger partial charge in [-0.15, -0.1) is 0 Å². The van der Waals surface area contributed by atoms with E-state index in [1.54, 1.807) is 24.4 Å². The number of rotatable bonds is 2. The van der Waals surface area contributed by atoms with Gasteiger partial charge >= 0.3 is 11.9 Å². The second-order valence-corrected chi connectivity index (χ2v) is 2.56. The lowest BCUT2D eigenvalue weighted by Crippen LogP contribution is -1.95. The standard InChI is InChI=1S/C9H6N2O3/c12-9(13)8-11-7(5-14-8)6-3-1-2-4-10-6/h1-5H,(H,12,13). The van der Waals surface area contributed by atoms with E-state index in [0.717, 1.165) is 0 Å². The molecule has 5 nitrogen and oxygen atoms in total. The van der Waals surface area contributed by atoms with Crippen molar-refractivity contribution in [2.24, 2.45) is 0 Å². The molecule has 2 rings (SSSR count). The molecule has 5 heteroatoms. The molecule has 0 atom stereocenters. The third kappa shape index (κ3) is 1.47. The van der Waals surface area contributed by atoms with E-state index in [1.807, 2.05) is 0 Å². The third-order valence-electron chi connectivity index (χ3n) is 1.61. The Kier molecular flexibility index (Phi) is 1.98. The number of carboxylic acids is 1. The van der Waals surface area contributed by atoms with Crippen molar-refractivity contribution < 1.29 is 14.3 Å². The Morgan fingerprint density at radius 1 is 1.36 bits per heavy atom. The van der Waals surface area contributed by atoms with Gasteiger partial charge in [0.05, 0.1) is 5.69 Å². The van der Waals surface area contributed by atoms with Gasteiger partial charge in [0.25, 0.3) is 0 Å². The maximum absolute atomic E-state index is 10.5. The van der Waals surface area contributed by atoms with Crippen molar-refractivity contribution in [1.82, 2.24) is 9.97 Å². The van der Waals surface area contributed by atoms with Crippen LogP contribution in [0.4, 0.5) is 0 Å². The minimum absolute atomic E-state index is 0.328. The summed E-state index contributed by atoms with van der Waals surface area (Å²) in [5, 5.41) is 8.57. The summed E-state index contributed by atoms with van der Waals surface area (Å²) in [5.41, 5.74) is 1.01. The van der Waals surface area contributed by atoms with Crippen molar-refractivity contribution in [3.63, 3.8) is 0 Å². The van der Waals surface area contributed by atoms with Crippen LogP contribution < -0.4 is 0 Å². The van der Waals surface area contributed by atoms with Crippen LogP contribution in [0.1, 0.15) is 10.7 Å². The van der Waals surface area contributed by atoms with E-state index in [1.165, 1.54) is 6.26 Å². The van der Waals surface area contributed by atoms with Crippen LogP contribution in [0.25, 0.3) is 11.4 Å². The van der Waals surface area contributed by atoms with Crippen molar-refractivity contribution in [2.75, 3.05) is 0 Å². The van der Waals surface area contributed by atoms with Crippen LogP contribution in [0.3, 0.4) is 0 Å². The molecular weight excluding hydrogens is 184 g/mol. The fourth-order valence-corrected chi connectivity index (χ4v) is 1.00. The number of carboxylic acid groups (broad SMARTS) is 1. The third-order valence-corrected chi connectivity index (χ3v) is 1.61. The summed E-state index contributed by atoms with van der Waals surface area (Å²) in [6, 6.07) is 5.28.